The molecule has 1 N–H and O–H groups in total. The third-order valence-electron chi connectivity index (χ3n) is 7.02. The molecular weight excluding hydrogens is 424 g/mol. The fraction of sp³-hybridized carbons (Fsp3) is 0.0909. The molecule has 5 aromatic carbocycles. The number of benzene rings is 5. The number of rotatable bonds is 3. The number of nitrogens with zero attached hydrogens (tertiary/aromatic N) is 1. The van der Waals surface area contributed by atoms with Gasteiger partial charge in [-0.25, -0.2) is 0 Å². The maximum atomic E-state index is 8.58. The van der Waals surface area contributed by atoms with Crippen LogP contribution in [0.15, 0.2) is 115 Å². The monoisotopic (exact) mass is 456 g/mol. The summed E-state index contributed by atoms with van der Waals surface area (Å²) >= 11 is 0. The van der Waals surface area contributed by atoms with Gasteiger partial charge in [0.05, 0.1) is 11.0 Å². The van der Waals surface area contributed by atoms with Crippen molar-refractivity contribution in [2.24, 2.45) is 0 Å². The second-order valence-electron chi connectivity index (χ2n) is 9.10. The minimum absolute atomic E-state index is 0.310. The third-order valence-corrected chi connectivity index (χ3v) is 7.02. The van der Waals surface area contributed by atoms with E-state index in [9.17, 15) is 0 Å². The molecule has 0 bridgehead atoms. The summed E-state index contributed by atoms with van der Waals surface area (Å²) in [4.78, 5) is 0. The lowest BCUT2D eigenvalue weighted by Crippen LogP contribution is -2.15. The van der Waals surface area contributed by atoms with Crippen LogP contribution in [-0.2, 0) is 5.41 Å². The van der Waals surface area contributed by atoms with Crippen LogP contribution in [0.4, 0.5) is 11.4 Å². The molecule has 168 valence electrons. The SMILES string of the molecule is [2H]C([2H])([2H])C1(C([2H])([2H])[2H])c2ccccc2-c2ccc(-n3c4ccccc4c4cc(Nc5ccccc5)ccc43)cc21. The normalized spacial score (nSPS) is 16.9. The van der Waals surface area contributed by atoms with E-state index in [1.165, 1.54) is 0 Å². The van der Waals surface area contributed by atoms with Crippen molar-refractivity contribution in [3.05, 3.63) is 126 Å². The van der Waals surface area contributed by atoms with Crippen molar-refractivity contribution in [3.8, 4) is 16.8 Å². The molecule has 2 heteroatoms. The number of anilines is 2. The van der Waals surface area contributed by atoms with E-state index in [4.69, 9.17) is 8.22 Å². The number of para-hydroxylation sites is 2. The van der Waals surface area contributed by atoms with Gasteiger partial charge in [-0.1, -0.05) is 80.4 Å². The number of nitrogens with one attached hydrogen (secondary N) is 1. The molecule has 0 amide bonds. The number of hydrogen-bond donors (Lipinski definition) is 1. The molecule has 1 aliphatic rings. The lowest BCUT2D eigenvalue weighted by molar-refractivity contribution is 0.660. The first-order valence-electron chi connectivity index (χ1n) is 14.7. The Kier molecular flexibility index (Phi) is 3.12. The van der Waals surface area contributed by atoms with E-state index in [2.05, 4.69) is 22.0 Å². The molecule has 0 spiro atoms. The molecule has 2 nitrogen and oxygen atoms in total. The van der Waals surface area contributed by atoms with Crippen LogP contribution >= 0.6 is 0 Å². The average molecular weight is 457 g/mol. The molecule has 0 saturated carbocycles. The van der Waals surface area contributed by atoms with E-state index in [-0.39, 0.29) is 0 Å². The molecule has 6 aromatic rings. The van der Waals surface area contributed by atoms with Crippen LogP contribution in [0.5, 0.6) is 0 Å². The summed E-state index contributed by atoms with van der Waals surface area (Å²) in [6.07, 6.45) is 0. The Bertz CT molecular complexity index is 1940. The van der Waals surface area contributed by atoms with Crippen LogP contribution in [-0.4, -0.2) is 4.57 Å². The van der Waals surface area contributed by atoms with Gasteiger partial charge in [0.2, 0.25) is 0 Å². The van der Waals surface area contributed by atoms with Crippen LogP contribution in [0.2, 0.25) is 0 Å². The van der Waals surface area contributed by atoms with Crippen molar-refractivity contribution in [2.75, 3.05) is 5.32 Å². The maximum Gasteiger partial charge on any atom is 0.0542 e. The van der Waals surface area contributed by atoms with E-state index < -0.39 is 19.1 Å². The van der Waals surface area contributed by atoms with Gasteiger partial charge in [0.15, 0.2) is 0 Å². The minimum atomic E-state index is -2.81. The summed E-state index contributed by atoms with van der Waals surface area (Å²) < 4.78 is 53.5. The zero-order chi connectivity index (χ0) is 28.6. The van der Waals surface area contributed by atoms with Gasteiger partial charge in [0.1, 0.15) is 0 Å². The Morgan fingerprint density at radius 2 is 1.34 bits per heavy atom. The van der Waals surface area contributed by atoms with E-state index in [0.29, 0.717) is 27.9 Å². The van der Waals surface area contributed by atoms with Crippen molar-refractivity contribution in [2.45, 2.75) is 19.1 Å². The Morgan fingerprint density at radius 1 is 0.600 bits per heavy atom. The van der Waals surface area contributed by atoms with Gasteiger partial charge in [0.25, 0.3) is 0 Å². The highest BCUT2D eigenvalue weighted by atomic mass is 15.0. The van der Waals surface area contributed by atoms with Gasteiger partial charge < -0.3 is 9.88 Å². The van der Waals surface area contributed by atoms with E-state index in [0.717, 1.165) is 33.2 Å². The zero-order valence-corrected chi connectivity index (χ0v) is 18.9. The Morgan fingerprint density at radius 3 is 2.23 bits per heavy atom. The van der Waals surface area contributed by atoms with Gasteiger partial charge in [-0.3, -0.25) is 0 Å². The van der Waals surface area contributed by atoms with Gasteiger partial charge in [-0.2, -0.15) is 0 Å². The molecule has 0 unspecified atom stereocenters. The molecule has 1 aliphatic carbocycles. The highest BCUT2D eigenvalue weighted by Crippen LogP contribution is 2.49. The Hall–Kier alpha value is -4.30. The molecule has 0 aliphatic heterocycles. The van der Waals surface area contributed by atoms with Gasteiger partial charge in [-0.05, 0) is 70.8 Å². The topological polar surface area (TPSA) is 17.0 Å². The standard InChI is InChI=1S/C33H26N2/c1-33(2)29-14-8-6-12-25(29)26-18-17-24(21-30(26)33)35-31-15-9-7-13-27(31)28-20-23(16-19-32(28)35)34-22-10-4-3-5-11-22/h3-21,34H,1-2H3/i1D3,2D3. The smallest absolute Gasteiger partial charge is 0.0542 e. The Labute approximate surface area is 213 Å². The van der Waals surface area contributed by atoms with Gasteiger partial charge >= 0.3 is 0 Å². The second kappa shape index (κ2) is 7.35. The van der Waals surface area contributed by atoms with Crippen molar-refractivity contribution in [3.63, 3.8) is 0 Å². The van der Waals surface area contributed by atoms with Crippen molar-refractivity contribution in [1.82, 2.24) is 4.57 Å². The van der Waals surface area contributed by atoms with Gasteiger partial charge in [0, 0.05) is 41.5 Å². The third kappa shape index (κ3) is 2.96. The summed E-state index contributed by atoms with van der Waals surface area (Å²) in [5.41, 5.74) is 4.32. The summed E-state index contributed by atoms with van der Waals surface area (Å²) in [6, 6.07) is 36.8. The van der Waals surface area contributed by atoms with Crippen LogP contribution < -0.4 is 5.32 Å². The van der Waals surface area contributed by atoms with Crippen molar-refractivity contribution >= 4 is 33.2 Å². The summed E-state index contributed by atoms with van der Waals surface area (Å²) in [6.45, 7) is -5.62. The highest BCUT2D eigenvalue weighted by Gasteiger charge is 2.35. The summed E-state index contributed by atoms with van der Waals surface area (Å²) in [5, 5.41) is 5.54. The van der Waals surface area contributed by atoms with E-state index in [1.807, 2.05) is 84.9 Å². The predicted molar refractivity (Wildman–Crippen MR) is 148 cm³/mol. The van der Waals surface area contributed by atoms with Crippen molar-refractivity contribution in [1.29, 1.82) is 0 Å². The second-order valence-corrected chi connectivity index (χ2v) is 9.10. The predicted octanol–water partition coefficient (Wildman–Crippen LogP) is 8.83. The number of fused-ring (bicyclic) bond motifs is 6. The lowest BCUT2D eigenvalue weighted by atomic mass is 9.82. The molecule has 0 radical (unpaired) electrons. The molecular formula is C33H26N2. The largest absolute Gasteiger partial charge is 0.356 e. The van der Waals surface area contributed by atoms with Crippen LogP contribution in [0, 0.1) is 0 Å². The maximum absolute atomic E-state index is 8.58. The van der Waals surface area contributed by atoms with Crippen LogP contribution in [0.1, 0.15) is 33.1 Å². The first-order valence-corrected chi connectivity index (χ1v) is 11.7. The molecule has 35 heavy (non-hydrogen) atoms. The fourth-order valence-electron chi connectivity index (χ4n) is 5.42. The molecule has 1 aromatic heterocycles. The van der Waals surface area contributed by atoms with Gasteiger partial charge in [-0.15, -0.1) is 0 Å². The number of hydrogen-bond acceptors (Lipinski definition) is 1. The Balaban J connectivity index is 1.48. The van der Waals surface area contributed by atoms with E-state index in [1.54, 1.807) is 18.2 Å². The zero-order valence-electron chi connectivity index (χ0n) is 24.9. The van der Waals surface area contributed by atoms with Crippen molar-refractivity contribution < 1.29 is 8.22 Å². The average Bonchev–Trinajstić information content (AvgIpc) is 3.44. The molecule has 0 atom stereocenters. The first kappa shape index (κ1) is 14.9. The van der Waals surface area contributed by atoms with Crippen LogP contribution in [0.25, 0.3) is 38.6 Å². The summed E-state index contributed by atoms with van der Waals surface area (Å²) in [5.74, 6) is 0. The summed E-state index contributed by atoms with van der Waals surface area (Å²) in [7, 11) is 0. The molecule has 0 saturated heterocycles. The molecule has 7 rings (SSSR count). The first-order chi connectivity index (χ1) is 19.6. The van der Waals surface area contributed by atoms with Crippen LogP contribution in [0.3, 0.4) is 0 Å². The molecule has 1 heterocycles. The van der Waals surface area contributed by atoms with E-state index >= 15 is 0 Å². The quantitative estimate of drug-likeness (QED) is 0.281. The minimum Gasteiger partial charge on any atom is -0.356 e. The highest BCUT2D eigenvalue weighted by molar-refractivity contribution is 6.10. The number of aromatic nitrogens is 1. The fourth-order valence-corrected chi connectivity index (χ4v) is 5.42. The lowest BCUT2D eigenvalue weighted by Gasteiger charge is -2.22. The molecule has 0 fully saturated rings.